The lowest BCUT2D eigenvalue weighted by Gasteiger charge is -2.08. The average Bonchev–Trinajstić information content (AvgIpc) is 2.32. The van der Waals surface area contributed by atoms with Crippen LogP contribution in [0.2, 0.25) is 5.02 Å². The van der Waals surface area contributed by atoms with Crippen molar-refractivity contribution in [2.24, 2.45) is 0 Å². The molecule has 2 heteroatoms. The lowest BCUT2D eigenvalue weighted by atomic mass is 9.98. The molecular weight excluding hydrogens is 220 g/mol. The highest BCUT2D eigenvalue weighted by molar-refractivity contribution is 6.30. The van der Waals surface area contributed by atoms with Gasteiger partial charge < -0.3 is 5.11 Å². The molecule has 0 radical (unpaired) electrons. The minimum absolute atomic E-state index is 0.171. The summed E-state index contributed by atoms with van der Waals surface area (Å²) in [5.41, 5.74) is 3.45. The van der Waals surface area contributed by atoms with Crippen LogP contribution in [-0.4, -0.2) is 11.7 Å². The van der Waals surface area contributed by atoms with E-state index in [4.69, 9.17) is 16.7 Å². The maximum absolute atomic E-state index is 9.01. The summed E-state index contributed by atoms with van der Waals surface area (Å²) >= 11 is 5.86. The van der Waals surface area contributed by atoms with Gasteiger partial charge in [-0.05, 0) is 35.2 Å². The van der Waals surface area contributed by atoms with E-state index >= 15 is 0 Å². The Kier molecular flexibility index (Phi) is 3.60. The second-order valence-corrected chi connectivity index (χ2v) is 4.07. The van der Waals surface area contributed by atoms with E-state index < -0.39 is 0 Å². The van der Waals surface area contributed by atoms with Gasteiger partial charge in [-0.25, -0.2) is 0 Å². The zero-order valence-electron chi connectivity index (χ0n) is 8.86. The molecule has 0 aliphatic rings. The van der Waals surface area contributed by atoms with Gasteiger partial charge in [0.2, 0.25) is 0 Å². The fraction of sp³-hybridized carbons (Fsp3) is 0.143. The normalized spacial score (nSPS) is 10.4. The highest BCUT2D eigenvalue weighted by atomic mass is 35.5. The Hall–Kier alpha value is -1.31. The monoisotopic (exact) mass is 232 g/mol. The highest BCUT2D eigenvalue weighted by Gasteiger charge is 2.03. The quantitative estimate of drug-likeness (QED) is 0.858. The highest BCUT2D eigenvalue weighted by Crippen LogP contribution is 2.25. The summed E-state index contributed by atoms with van der Waals surface area (Å²) in [5.74, 6) is 0. The molecule has 16 heavy (non-hydrogen) atoms. The van der Waals surface area contributed by atoms with Gasteiger partial charge in [0.05, 0.1) is 0 Å². The van der Waals surface area contributed by atoms with Crippen LogP contribution in [0.25, 0.3) is 11.1 Å². The third kappa shape index (κ3) is 2.43. The first kappa shape index (κ1) is 11.2. The molecule has 1 nitrogen and oxygen atoms in total. The van der Waals surface area contributed by atoms with Crippen molar-refractivity contribution in [3.63, 3.8) is 0 Å². The van der Waals surface area contributed by atoms with Gasteiger partial charge in [0, 0.05) is 11.6 Å². The Bertz CT molecular complexity index is 462. The van der Waals surface area contributed by atoms with E-state index in [-0.39, 0.29) is 6.61 Å². The summed E-state index contributed by atoms with van der Waals surface area (Å²) in [6, 6.07) is 15.9. The number of hydrogen-bond acceptors (Lipinski definition) is 1. The van der Waals surface area contributed by atoms with Gasteiger partial charge in [-0.2, -0.15) is 0 Å². The van der Waals surface area contributed by atoms with Crippen molar-refractivity contribution in [3.05, 3.63) is 59.1 Å². The number of benzene rings is 2. The van der Waals surface area contributed by atoms with Crippen LogP contribution in [0.1, 0.15) is 5.56 Å². The van der Waals surface area contributed by atoms with Gasteiger partial charge in [0.25, 0.3) is 0 Å². The van der Waals surface area contributed by atoms with Crippen molar-refractivity contribution < 1.29 is 5.11 Å². The van der Waals surface area contributed by atoms with Gasteiger partial charge in [-0.3, -0.25) is 0 Å². The van der Waals surface area contributed by atoms with Crippen LogP contribution in [-0.2, 0) is 6.42 Å². The average molecular weight is 233 g/mol. The van der Waals surface area contributed by atoms with E-state index in [0.717, 1.165) is 21.7 Å². The van der Waals surface area contributed by atoms with Crippen LogP contribution < -0.4 is 0 Å². The SMILES string of the molecule is OCCc1ccccc1-c1ccc(Cl)cc1. The van der Waals surface area contributed by atoms with Gasteiger partial charge in [0.1, 0.15) is 0 Å². The summed E-state index contributed by atoms with van der Waals surface area (Å²) in [5, 5.41) is 9.75. The molecule has 2 aromatic carbocycles. The molecule has 0 fully saturated rings. The molecule has 1 N–H and O–H groups in total. The number of halogens is 1. The lowest BCUT2D eigenvalue weighted by Crippen LogP contribution is -1.93. The number of aliphatic hydroxyl groups is 1. The maximum atomic E-state index is 9.01. The van der Waals surface area contributed by atoms with E-state index in [1.54, 1.807) is 0 Å². The summed E-state index contributed by atoms with van der Waals surface area (Å²) in [6.07, 6.45) is 0.679. The zero-order valence-corrected chi connectivity index (χ0v) is 9.61. The minimum Gasteiger partial charge on any atom is -0.396 e. The molecule has 0 unspecified atom stereocenters. The number of hydrogen-bond donors (Lipinski definition) is 1. The van der Waals surface area contributed by atoms with Gasteiger partial charge >= 0.3 is 0 Å². The van der Waals surface area contributed by atoms with Crippen molar-refractivity contribution in [3.8, 4) is 11.1 Å². The first-order valence-electron chi connectivity index (χ1n) is 5.26. The summed E-state index contributed by atoms with van der Waals surface area (Å²) in [6.45, 7) is 0.171. The third-order valence-corrected chi connectivity index (χ3v) is 2.81. The largest absolute Gasteiger partial charge is 0.396 e. The topological polar surface area (TPSA) is 20.2 Å². The van der Waals surface area contributed by atoms with Crippen LogP contribution in [0.3, 0.4) is 0 Å². The molecule has 0 bridgehead atoms. The lowest BCUT2D eigenvalue weighted by molar-refractivity contribution is 0.300. The van der Waals surface area contributed by atoms with E-state index in [0.29, 0.717) is 6.42 Å². The molecular formula is C14H13ClO. The molecule has 0 atom stereocenters. The molecule has 0 aliphatic heterocycles. The summed E-state index contributed by atoms with van der Waals surface area (Å²) in [4.78, 5) is 0. The first-order valence-corrected chi connectivity index (χ1v) is 5.64. The molecule has 82 valence electrons. The second-order valence-electron chi connectivity index (χ2n) is 3.64. The molecule has 2 rings (SSSR count). The number of rotatable bonds is 3. The standard InChI is InChI=1S/C14H13ClO/c15-13-7-5-12(6-8-13)14-4-2-1-3-11(14)9-10-16/h1-8,16H,9-10H2. The summed E-state index contributed by atoms with van der Waals surface area (Å²) < 4.78 is 0. The molecule has 2 aromatic rings. The first-order chi connectivity index (χ1) is 7.81. The van der Waals surface area contributed by atoms with E-state index in [2.05, 4.69) is 6.07 Å². The van der Waals surface area contributed by atoms with E-state index in [1.807, 2.05) is 42.5 Å². The van der Waals surface area contributed by atoms with Crippen LogP contribution in [0.4, 0.5) is 0 Å². The van der Waals surface area contributed by atoms with Crippen molar-refractivity contribution in [2.45, 2.75) is 6.42 Å². The van der Waals surface area contributed by atoms with Crippen LogP contribution in [0.5, 0.6) is 0 Å². The Morgan fingerprint density at radius 3 is 2.31 bits per heavy atom. The minimum atomic E-state index is 0.171. The molecule has 0 aromatic heterocycles. The van der Waals surface area contributed by atoms with Crippen molar-refractivity contribution >= 4 is 11.6 Å². The van der Waals surface area contributed by atoms with Gasteiger partial charge in [-0.15, -0.1) is 0 Å². The third-order valence-electron chi connectivity index (χ3n) is 2.55. The van der Waals surface area contributed by atoms with Gasteiger partial charge in [0.15, 0.2) is 0 Å². The van der Waals surface area contributed by atoms with Crippen molar-refractivity contribution in [1.82, 2.24) is 0 Å². The Balaban J connectivity index is 2.42. The van der Waals surface area contributed by atoms with Gasteiger partial charge in [-0.1, -0.05) is 48.0 Å². The molecule has 0 saturated heterocycles. The van der Waals surface area contributed by atoms with E-state index in [1.165, 1.54) is 0 Å². The Morgan fingerprint density at radius 2 is 1.62 bits per heavy atom. The van der Waals surface area contributed by atoms with Crippen molar-refractivity contribution in [1.29, 1.82) is 0 Å². The van der Waals surface area contributed by atoms with E-state index in [9.17, 15) is 0 Å². The predicted octanol–water partition coefficient (Wildman–Crippen LogP) is 3.54. The summed E-state index contributed by atoms with van der Waals surface area (Å²) in [7, 11) is 0. The molecule has 0 amide bonds. The fourth-order valence-electron chi connectivity index (χ4n) is 1.77. The fourth-order valence-corrected chi connectivity index (χ4v) is 1.90. The Labute approximate surface area is 100 Å². The second kappa shape index (κ2) is 5.15. The molecule has 0 spiro atoms. The zero-order chi connectivity index (χ0) is 11.4. The molecule has 0 heterocycles. The van der Waals surface area contributed by atoms with Crippen molar-refractivity contribution in [2.75, 3.05) is 6.61 Å². The van der Waals surface area contributed by atoms with Crippen LogP contribution in [0, 0.1) is 0 Å². The molecule has 0 saturated carbocycles. The van der Waals surface area contributed by atoms with Crippen LogP contribution in [0.15, 0.2) is 48.5 Å². The van der Waals surface area contributed by atoms with Crippen LogP contribution >= 0.6 is 11.6 Å². The predicted molar refractivity (Wildman–Crippen MR) is 67.7 cm³/mol. The Morgan fingerprint density at radius 1 is 0.938 bits per heavy atom. The smallest absolute Gasteiger partial charge is 0.0471 e. The molecule has 0 aliphatic carbocycles. The number of aliphatic hydroxyl groups excluding tert-OH is 1. The maximum Gasteiger partial charge on any atom is 0.0471 e.